The molecule has 4 heteroatoms. The summed E-state index contributed by atoms with van der Waals surface area (Å²) >= 11 is 0. The third-order valence-corrected chi connectivity index (χ3v) is 3.52. The van der Waals surface area contributed by atoms with Gasteiger partial charge in [-0.05, 0) is 29.8 Å². The highest BCUT2D eigenvalue weighted by Gasteiger charge is 2.06. The first-order valence-corrected chi connectivity index (χ1v) is 7.35. The van der Waals surface area contributed by atoms with Crippen LogP contribution in [0.4, 0.5) is 5.69 Å². The SMILES string of the molecule is N#CCc1ccc(NC(=O)Cc2ccc3ccccc3n2)cc1. The number of carbonyl (C=O) groups is 1. The predicted octanol–water partition coefficient (Wildman–Crippen LogP) is 3.48. The summed E-state index contributed by atoms with van der Waals surface area (Å²) < 4.78 is 0. The molecule has 0 fully saturated rings. The predicted molar refractivity (Wildman–Crippen MR) is 89.8 cm³/mol. The number of amides is 1. The van der Waals surface area contributed by atoms with Gasteiger partial charge in [-0.3, -0.25) is 9.78 Å². The van der Waals surface area contributed by atoms with E-state index in [0.29, 0.717) is 6.42 Å². The summed E-state index contributed by atoms with van der Waals surface area (Å²) in [6.07, 6.45) is 0.597. The summed E-state index contributed by atoms with van der Waals surface area (Å²) in [7, 11) is 0. The molecule has 1 heterocycles. The molecule has 0 saturated carbocycles. The van der Waals surface area contributed by atoms with E-state index >= 15 is 0 Å². The zero-order valence-corrected chi connectivity index (χ0v) is 12.5. The summed E-state index contributed by atoms with van der Waals surface area (Å²) in [4.78, 5) is 16.6. The van der Waals surface area contributed by atoms with E-state index < -0.39 is 0 Å². The first-order valence-electron chi connectivity index (χ1n) is 7.35. The molecule has 0 aliphatic rings. The number of hydrogen-bond acceptors (Lipinski definition) is 3. The minimum Gasteiger partial charge on any atom is -0.326 e. The molecule has 0 saturated heterocycles. The van der Waals surface area contributed by atoms with Gasteiger partial charge in [0.1, 0.15) is 0 Å². The van der Waals surface area contributed by atoms with Crippen molar-refractivity contribution in [2.45, 2.75) is 12.8 Å². The van der Waals surface area contributed by atoms with E-state index in [2.05, 4.69) is 16.4 Å². The second-order valence-corrected chi connectivity index (χ2v) is 5.25. The van der Waals surface area contributed by atoms with Crippen LogP contribution < -0.4 is 5.32 Å². The molecule has 3 rings (SSSR count). The Morgan fingerprint density at radius 1 is 1.04 bits per heavy atom. The van der Waals surface area contributed by atoms with Crippen molar-refractivity contribution in [3.63, 3.8) is 0 Å². The van der Waals surface area contributed by atoms with E-state index in [1.165, 1.54) is 0 Å². The van der Waals surface area contributed by atoms with Gasteiger partial charge >= 0.3 is 0 Å². The van der Waals surface area contributed by atoms with Crippen LogP contribution in [0, 0.1) is 11.3 Å². The molecule has 4 nitrogen and oxygen atoms in total. The molecule has 0 unspecified atom stereocenters. The maximum Gasteiger partial charge on any atom is 0.230 e. The van der Waals surface area contributed by atoms with E-state index in [1.54, 1.807) is 12.1 Å². The largest absolute Gasteiger partial charge is 0.326 e. The fraction of sp³-hybridized carbons (Fsp3) is 0.105. The van der Waals surface area contributed by atoms with Crippen LogP contribution >= 0.6 is 0 Å². The fourth-order valence-electron chi connectivity index (χ4n) is 2.37. The van der Waals surface area contributed by atoms with Gasteiger partial charge in [0.2, 0.25) is 5.91 Å². The van der Waals surface area contributed by atoms with E-state index in [9.17, 15) is 4.79 Å². The molecule has 0 atom stereocenters. The zero-order chi connectivity index (χ0) is 16.1. The smallest absolute Gasteiger partial charge is 0.230 e. The van der Waals surface area contributed by atoms with Crippen LogP contribution in [0.15, 0.2) is 60.7 Å². The molecule has 112 valence electrons. The Labute approximate surface area is 134 Å². The van der Waals surface area contributed by atoms with Gasteiger partial charge < -0.3 is 5.32 Å². The van der Waals surface area contributed by atoms with Crippen molar-refractivity contribution in [2.75, 3.05) is 5.32 Å². The molecule has 1 aromatic heterocycles. The van der Waals surface area contributed by atoms with E-state index in [-0.39, 0.29) is 12.3 Å². The lowest BCUT2D eigenvalue weighted by molar-refractivity contribution is -0.115. The number of pyridine rings is 1. The lowest BCUT2D eigenvalue weighted by Crippen LogP contribution is -2.15. The molecular weight excluding hydrogens is 286 g/mol. The van der Waals surface area contributed by atoms with Crippen LogP contribution in [0.25, 0.3) is 10.9 Å². The first kappa shape index (κ1) is 14.7. The van der Waals surface area contributed by atoms with E-state index in [4.69, 9.17) is 5.26 Å². The molecule has 1 amide bonds. The van der Waals surface area contributed by atoms with Crippen molar-refractivity contribution in [2.24, 2.45) is 0 Å². The molecule has 3 aromatic rings. The van der Waals surface area contributed by atoms with Gasteiger partial charge in [0.05, 0.1) is 30.1 Å². The number of benzene rings is 2. The highest BCUT2D eigenvalue weighted by Crippen LogP contribution is 2.13. The maximum atomic E-state index is 12.1. The number of nitrogens with one attached hydrogen (secondary N) is 1. The lowest BCUT2D eigenvalue weighted by Gasteiger charge is -2.06. The average Bonchev–Trinajstić information content (AvgIpc) is 2.57. The van der Waals surface area contributed by atoms with Crippen LogP contribution in [-0.4, -0.2) is 10.9 Å². The number of para-hydroxylation sites is 1. The Bertz CT molecular complexity index is 879. The minimum atomic E-state index is -0.110. The molecular formula is C19H15N3O. The Morgan fingerprint density at radius 2 is 1.83 bits per heavy atom. The number of rotatable bonds is 4. The van der Waals surface area contributed by atoms with Gasteiger partial charge in [-0.1, -0.05) is 36.4 Å². The third-order valence-electron chi connectivity index (χ3n) is 3.52. The third kappa shape index (κ3) is 3.72. The van der Waals surface area contributed by atoms with Gasteiger partial charge in [0.25, 0.3) is 0 Å². The van der Waals surface area contributed by atoms with Crippen molar-refractivity contribution in [1.82, 2.24) is 4.98 Å². The highest BCUT2D eigenvalue weighted by molar-refractivity contribution is 5.92. The molecule has 0 bridgehead atoms. The van der Waals surface area contributed by atoms with E-state index in [0.717, 1.165) is 27.8 Å². The Balaban J connectivity index is 1.67. The number of anilines is 1. The Morgan fingerprint density at radius 3 is 2.61 bits per heavy atom. The number of aromatic nitrogens is 1. The molecule has 0 spiro atoms. The van der Waals surface area contributed by atoms with Crippen LogP contribution in [-0.2, 0) is 17.6 Å². The second kappa shape index (κ2) is 6.71. The average molecular weight is 301 g/mol. The van der Waals surface area contributed by atoms with Crippen molar-refractivity contribution >= 4 is 22.5 Å². The fourth-order valence-corrected chi connectivity index (χ4v) is 2.37. The van der Waals surface area contributed by atoms with Gasteiger partial charge in [0, 0.05) is 11.1 Å². The van der Waals surface area contributed by atoms with Crippen molar-refractivity contribution in [3.8, 4) is 6.07 Å². The Hall–Kier alpha value is -3.19. The molecule has 0 aliphatic carbocycles. The van der Waals surface area contributed by atoms with Crippen molar-refractivity contribution in [3.05, 3.63) is 71.9 Å². The number of nitrogens with zero attached hydrogens (tertiary/aromatic N) is 2. The second-order valence-electron chi connectivity index (χ2n) is 5.25. The van der Waals surface area contributed by atoms with Crippen LogP contribution in [0.3, 0.4) is 0 Å². The van der Waals surface area contributed by atoms with Crippen molar-refractivity contribution in [1.29, 1.82) is 5.26 Å². The number of hydrogen-bond donors (Lipinski definition) is 1. The van der Waals surface area contributed by atoms with Crippen LogP contribution in [0.5, 0.6) is 0 Å². The quantitative estimate of drug-likeness (QED) is 0.802. The zero-order valence-electron chi connectivity index (χ0n) is 12.5. The van der Waals surface area contributed by atoms with E-state index in [1.807, 2.05) is 48.5 Å². The topological polar surface area (TPSA) is 65.8 Å². The lowest BCUT2D eigenvalue weighted by atomic mass is 10.1. The summed E-state index contributed by atoms with van der Waals surface area (Å²) in [6, 6.07) is 21.1. The molecule has 0 radical (unpaired) electrons. The monoisotopic (exact) mass is 301 g/mol. The number of nitriles is 1. The minimum absolute atomic E-state index is 0.110. The highest BCUT2D eigenvalue weighted by atomic mass is 16.1. The standard InChI is InChI=1S/C19H15N3O/c20-12-11-14-5-8-16(9-6-14)22-19(23)13-17-10-7-15-3-1-2-4-18(15)21-17/h1-10H,11,13H2,(H,22,23). The Kier molecular flexibility index (Phi) is 4.30. The maximum absolute atomic E-state index is 12.1. The van der Waals surface area contributed by atoms with Gasteiger partial charge in [0.15, 0.2) is 0 Å². The van der Waals surface area contributed by atoms with Crippen molar-refractivity contribution < 1.29 is 4.79 Å². The molecule has 1 N–H and O–H groups in total. The van der Waals surface area contributed by atoms with Crippen LogP contribution in [0.2, 0.25) is 0 Å². The molecule has 2 aromatic carbocycles. The van der Waals surface area contributed by atoms with Gasteiger partial charge in [-0.15, -0.1) is 0 Å². The number of carbonyl (C=O) groups excluding carboxylic acids is 1. The first-order chi connectivity index (χ1) is 11.2. The molecule has 0 aliphatic heterocycles. The van der Waals surface area contributed by atoms with Crippen LogP contribution in [0.1, 0.15) is 11.3 Å². The van der Waals surface area contributed by atoms with Gasteiger partial charge in [-0.25, -0.2) is 0 Å². The number of fused-ring (bicyclic) bond motifs is 1. The molecule has 23 heavy (non-hydrogen) atoms. The summed E-state index contributed by atoms with van der Waals surface area (Å²) in [6.45, 7) is 0. The summed E-state index contributed by atoms with van der Waals surface area (Å²) in [5.41, 5.74) is 3.28. The summed E-state index contributed by atoms with van der Waals surface area (Å²) in [5, 5.41) is 12.6. The van der Waals surface area contributed by atoms with Gasteiger partial charge in [-0.2, -0.15) is 5.26 Å². The summed E-state index contributed by atoms with van der Waals surface area (Å²) in [5.74, 6) is -0.110. The normalized spacial score (nSPS) is 10.2.